The molecule has 0 aliphatic carbocycles. The summed E-state index contributed by atoms with van der Waals surface area (Å²) in [6.45, 7) is 5.88. The maximum atomic E-state index is 11.9. The van der Waals surface area contributed by atoms with Crippen LogP contribution in [0.15, 0.2) is 36.7 Å². The van der Waals surface area contributed by atoms with Gasteiger partial charge in [0.15, 0.2) is 5.13 Å². The lowest BCUT2D eigenvalue weighted by Gasteiger charge is -2.23. The molecule has 5 rings (SSSR count). The van der Waals surface area contributed by atoms with Gasteiger partial charge in [0.25, 0.3) is 0 Å². The highest BCUT2D eigenvalue weighted by atomic mass is 32.1. The zero-order valence-electron chi connectivity index (χ0n) is 19.2. The van der Waals surface area contributed by atoms with Gasteiger partial charge < -0.3 is 25.6 Å². The van der Waals surface area contributed by atoms with Gasteiger partial charge >= 0.3 is 0 Å². The molecule has 1 aromatic carbocycles. The number of aryl methyl sites for hydroxylation is 1. The normalized spacial score (nSPS) is 17.2. The number of carbonyl (C=O) groups excluding carboxylic acids is 1. The molecule has 0 radical (unpaired) electrons. The molecule has 9 nitrogen and oxygen atoms in total. The molecule has 4 heterocycles. The summed E-state index contributed by atoms with van der Waals surface area (Å²) in [4.78, 5) is 28.6. The molecule has 178 valence electrons. The minimum Gasteiger partial charge on any atom is -0.474 e. The van der Waals surface area contributed by atoms with Gasteiger partial charge in [-0.25, -0.2) is 9.97 Å². The fourth-order valence-electron chi connectivity index (χ4n) is 4.19. The fourth-order valence-corrected chi connectivity index (χ4v) is 5.12. The monoisotopic (exact) mass is 479 g/mol. The molecule has 0 unspecified atom stereocenters. The van der Waals surface area contributed by atoms with Gasteiger partial charge in [-0.1, -0.05) is 17.4 Å². The van der Waals surface area contributed by atoms with E-state index in [2.05, 4.69) is 56.0 Å². The number of aromatic nitrogens is 3. The lowest BCUT2D eigenvalue weighted by Crippen LogP contribution is -2.34. The first-order valence-corrected chi connectivity index (χ1v) is 12.5. The van der Waals surface area contributed by atoms with Gasteiger partial charge in [0.2, 0.25) is 17.7 Å². The minimum absolute atomic E-state index is 0.0441. The van der Waals surface area contributed by atoms with Crippen molar-refractivity contribution >= 4 is 34.0 Å². The van der Waals surface area contributed by atoms with E-state index in [1.54, 1.807) is 23.6 Å². The Bertz CT molecular complexity index is 1150. The van der Waals surface area contributed by atoms with Crippen LogP contribution in [0.3, 0.4) is 0 Å². The third-order valence-corrected chi connectivity index (χ3v) is 6.95. The Labute approximate surface area is 203 Å². The van der Waals surface area contributed by atoms with Crippen LogP contribution >= 0.6 is 11.3 Å². The number of piperidine rings is 1. The van der Waals surface area contributed by atoms with E-state index in [1.807, 2.05) is 11.1 Å². The number of hydrogen-bond acceptors (Lipinski definition) is 9. The molecule has 3 aromatic rings. The van der Waals surface area contributed by atoms with Crippen LogP contribution in [0.5, 0.6) is 5.88 Å². The maximum absolute atomic E-state index is 11.9. The third kappa shape index (κ3) is 5.63. The Hall–Kier alpha value is -3.24. The minimum atomic E-state index is 0.0441. The van der Waals surface area contributed by atoms with E-state index in [-0.39, 0.29) is 12.0 Å². The third-order valence-electron chi connectivity index (χ3n) is 5.85. The number of nitrogens with one attached hydrogen (secondary N) is 3. The molecule has 10 heteroatoms. The zero-order valence-corrected chi connectivity index (χ0v) is 20.0. The highest BCUT2D eigenvalue weighted by Gasteiger charge is 2.19. The molecule has 0 spiro atoms. The summed E-state index contributed by atoms with van der Waals surface area (Å²) in [6, 6.07) is 8.07. The quantitative estimate of drug-likeness (QED) is 0.496. The Morgan fingerprint density at radius 3 is 2.94 bits per heavy atom. The summed E-state index contributed by atoms with van der Waals surface area (Å²) in [5, 5.41) is 10.4. The van der Waals surface area contributed by atoms with Crippen LogP contribution in [-0.2, 0) is 4.79 Å². The molecule has 2 aliphatic rings. The van der Waals surface area contributed by atoms with Crippen molar-refractivity contribution < 1.29 is 9.53 Å². The van der Waals surface area contributed by atoms with E-state index < -0.39 is 0 Å². The van der Waals surface area contributed by atoms with Crippen LogP contribution in [0.4, 0.5) is 16.8 Å². The van der Waals surface area contributed by atoms with E-state index in [0.29, 0.717) is 24.9 Å². The number of amides is 1. The van der Waals surface area contributed by atoms with Crippen molar-refractivity contribution in [2.24, 2.45) is 0 Å². The first kappa shape index (κ1) is 22.5. The summed E-state index contributed by atoms with van der Waals surface area (Å²) < 4.78 is 6.06. The predicted molar refractivity (Wildman–Crippen MR) is 134 cm³/mol. The van der Waals surface area contributed by atoms with Crippen LogP contribution in [0, 0.1) is 6.92 Å². The van der Waals surface area contributed by atoms with Crippen LogP contribution < -0.4 is 25.6 Å². The Morgan fingerprint density at radius 2 is 2.06 bits per heavy atom. The number of benzene rings is 1. The number of hydrogen-bond donors (Lipinski definition) is 3. The highest BCUT2D eigenvalue weighted by Crippen LogP contribution is 2.34. The van der Waals surface area contributed by atoms with E-state index >= 15 is 0 Å². The Kier molecular flexibility index (Phi) is 6.87. The van der Waals surface area contributed by atoms with Crippen molar-refractivity contribution in [3.63, 3.8) is 0 Å². The molecular formula is C24H29N7O2S. The van der Waals surface area contributed by atoms with E-state index in [0.717, 1.165) is 65.7 Å². The van der Waals surface area contributed by atoms with Gasteiger partial charge in [-0.15, -0.1) is 0 Å². The van der Waals surface area contributed by atoms with Crippen LogP contribution in [-0.4, -0.2) is 59.7 Å². The molecule has 2 saturated heterocycles. The molecule has 2 aromatic heterocycles. The highest BCUT2D eigenvalue weighted by molar-refractivity contribution is 7.18. The first-order valence-electron chi connectivity index (χ1n) is 11.7. The number of nitrogens with zero attached hydrogens (tertiary/aromatic N) is 4. The molecule has 34 heavy (non-hydrogen) atoms. The molecule has 2 fully saturated rings. The average Bonchev–Trinajstić information content (AvgIpc) is 3.22. The van der Waals surface area contributed by atoms with Gasteiger partial charge in [-0.3, -0.25) is 4.79 Å². The van der Waals surface area contributed by atoms with E-state index in [9.17, 15) is 4.79 Å². The average molecular weight is 480 g/mol. The van der Waals surface area contributed by atoms with Crippen LogP contribution in [0.1, 0.15) is 24.8 Å². The molecule has 1 amide bonds. The molecule has 0 bridgehead atoms. The van der Waals surface area contributed by atoms with E-state index in [1.165, 1.54) is 0 Å². The van der Waals surface area contributed by atoms with Crippen molar-refractivity contribution in [1.29, 1.82) is 0 Å². The summed E-state index contributed by atoms with van der Waals surface area (Å²) >= 11 is 1.60. The second-order valence-corrected chi connectivity index (χ2v) is 9.64. The Balaban J connectivity index is 1.31. The largest absolute Gasteiger partial charge is 0.474 e. The molecule has 0 saturated carbocycles. The molecule has 0 atom stereocenters. The summed E-state index contributed by atoms with van der Waals surface area (Å²) in [5.74, 6) is 1.14. The van der Waals surface area contributed by atoms with Gasteiger partial charge in [-0.05, 0) is 62.5 Å². The number of rotatable bonds is 6. The topological polar surface area (TPSA) is 104 Å². The lowest BCUT2D eigenvalue weighted by molar-refractivity contribution is -0.119. The molecule has 2 aliphatic heterocycles. The zero-order chi connectivity index (χ0) is 23.3. The SMILES string of the molecule is Cc1cc(Nc2nccc(OC3CCNCC3)n2)cc(-c2cnc(N3CCCNC(=O)C3)s2)c1. The molecular weight excluding hydrogens is 450 g/mol. The van der Waals surface area contributed by atoms with Crippen molar-refractivity contribution in [2.45, 2.75) is 32.3 Å². The first-order chi connectivity index (χ1) is 16.6. The summed E-state index contributed by atoms with van der Waals surface area (Å²) in [5.41, 5.74) is 3.08. The van der Waals surface area contributed by atoms with Crippen molar-refractivity contribution in [2.75, 3.05) is 42.9 Å². The number of anilines is 3. The summed E-state index contributed by atoms with van der Waals surface area (Å²) in [6.07, 6.45) is 6.66. The van der Waals surface area contributed by atoms with Crippen molar-refractivity contribution in [3.8, 4) is 16.3 Å². The summed E-state index contributed by atoms with van der Waals surface area (Å²) in [7, 11) is 0. The lowest BCUT2D eigenvalue weighted by atomic mass is 10.1. The number of thiazole rings is 1. The van der Waals surface area contributed by atoms with Crippen molar-refractivity contribution in [1.82, 2.24) is 25.6 Å². The smallest absolute Gasteiger partial charge is 0.239 e. The van der Waals surface area contributed by atoms with E-state index in [4.69, 9.17) is 4.74 Å². The standard InChI is InChI=1S/C24H29N7O2S/c1-16-11-17(20-14-28-24(34-20)31-10-2-6-26-21(32)15-31)13-18(12-16)29-23-27-9-5-22(30-23)33-19-3-7-25-8-4-19/h5,9,11-14,19,25H,2-4,6-8,10,15H2,1H3,(H,26,32)(H,27,29,30). The van der Waals surface area contributed by atoms with Gasteiger partial charge in [0, 0.05) is 37.2 Å². The number of ether oxygens (including phenoxy) is 1. The van der Waals surface area contributed by atoms with Crippen molar-refractivity contribution in [3.05, 3.63) is 42.2 Å². The number of carbonyl (C=O) groups is 1. The predicted octanol–water partition coefficient (Wildman–Crippen LogP) is 3.11. The van der Waals surface area contributed by atoms with Crippen LogP contribution in [0.25, 0.3) is 10.4 Å². The van der Waals surface area contributed by atoms with Crippen LogP contribution in [0.2, 0.25) is 0 Å². The second-order valence-electron chi connectivity index (χ2n) is 8.63. The van der Waals surface area contributed by atoms with Gasteiger partial charge in [-0.2, -0.15) is 4.98 Å². The van der Waals surface area contributed by atoms with Gasteiger partial charge in [0.1, 0.15) is 6.10 Å². The fraction of sp³-hybridized carbons (Fsp3) is 0.417. The van der Waals surface area contributed by atoms with Gasteiger partial charge in [0.05, 0.1) is 11.4 Å². The maximum Gasteiger partial charge on any atom is 0.239 e. The second kappa shape index (κ2) is 10.4. The molecule has 3 N–H and O–H groups in total. The Morgan fingerprint density at radius 1 is 1.18 bits per heavy atom.